The fourth-order valence-electron chi connectivity index (χ4n) is 1.03. The highest BCUT2D eigenvalue weighted by molar-refractivity contribution is 6.33. The minimum absolute atomic E-state index is 0.00364. The minimum atomic E-state index is -1.69. The second-order valence-corrected chi connectivity index (χ2v) is 3.72. The van der Waals surface area contributed by atoms with Crippen molar-refractivity contribution in [3.63, 3.8) is 0 Å². The number of hydrogen-bond donors (Lipinski definition) is 4. The Hall–Kier alpha value is -1.86. The van der Waals surface area contributed by atoms with Crippen LogP contribution in [0, 0.1) is 5.82 Å². The van der Waals surface area contributed by atoms with Gasteiger partial charge in [-0.1, -0.05) is 11.6 Å². The zero-order valence-corrected chi connectivity index (χ0v) is 9.74. The molecule has 1 rings (SSSR count). The summed E-state index contributed by atoms with van der Waals surface area (Å²) >= 11 is 5.66. The number of aliphatic hydroxyl groups is 1. The molecular weight excluding hydrogens is 267 g/mol. The molecule has 0 aliphatic rings. The summed E-state index contributed by atoms with van der Waals surface area (Å²) < 4.78 is 12.7. The van der Waals surface area contributed by atoms with E-state index >= 15 is 0 Å². The summed E-state index contributed by atoms with van der Waals surface area (Å²) in [6, 6.07) is 2.62. The molecule has 1 unspecified atom stereocenters. The van der Waals surface area contributed by atoms with Crippen molar-refractivity contribution in [3.8, 4) is 0 Å². The van der Waals surface area contributed by atoms with Crippen LogP contribution in [0.5, 0.6) is 0 Å². The Morgan fingerprint density at radius 3 is 2.67 bits per heavy atom. The molecule has 0 saturated carbocycles. The van der Waals surface area contributed by atoms with Crippen molar-refractivity contribution in [2.75, 3.05) is 11.9 Å². The molecule has 0 aliphatic carbocycles. The van der Waals surface area contributed by atoms with Crippen LogP contribution in [0.2, 0.25) is 5.02 Å². The fraction of sp³-hybridized carbons (Fsp3) is 0.200. The van der Waals surface area contributed by atoms with Crippen LogP contribution in [0.4, 0.5) is 14.9 Å². The van der Waals surface area contributed by atoms with Gasteiger partial charge >= 0.3 is 12.0 Å². The van der Waals surface area contributed by atoms with E-state index in [2.05, 4.69) is 10.6 Å². The molecule has 0 radical (unpaired) electrons. The third-order valence-electron chi connectivity index (χ3n) is 1.92. The number of carbonyl (C=O) groups is 2. The van der Waals surface area contributed by atoms with Gasteiger partial charge in [0.05, 0.1) is 17.3 Å². The van der Waals surface area contributed by atoms with Crippen molar-refractivity contribution >= 4 is 29.3 Å². The number of nitrogens with one attached hydrogen (secondary N) is 2. The van der Waals surface area contributed by atoms with E-state index in [0.717, 1.165) is 12.1 Å². The summed E-state index contributed by atoms with van der Waals surface area (Å²) in [6.45, 7) is -0.458. The van der Waals surface area contributed by atoms with Gasteiger partial charge in [-0.15, -0.1) is 0 Å². The van der Waals surface area contributed by atoms with Crippen LogP contribution in [0.1, 0.15) is 0 Å². The van der Waals surface area contributed by atoms with Crippen molar-refractivity contribution in [1.82, 2.24) is 5.32 Å². The summed E-state index contributed by atoms with van der Waals surface area (Å²) in [4.78, 5) is 21.6. The molecule has 0 bridgehead atoms. The lowest BCUT2D eigenvalue weighted by molar-refractivity contribution is -0.146. The Morgan fingerprint density at radius 1 is 1.44 bits per heavy atom. The molecule has 8 heteroatoms. The number of carbonyl (C=O) groups excluding carboxylic acids is 1. The van der Waals surface area contributed by atoms with Crippen LogP contribution < -0.4 is 10.6 Å². The van der Waals surface area contributed by atoms with Crippen molar-refractivity contribution in [2.24, 2.45) is 0 Å². The van der Waals surface area contributed by atoms with E-state index in [9.17, 15) is 14.0 Å². The highest BCUT2D eigenvalue weighted by Crippen LogP contribution is 2.21. The molecule has 1 aromatic rings. The van der Waals surface area contributed by atoms with Crippen molar-refractivity contribution in [2.45, 2.75) is 6.10 Å². The number of carboxylic acids is 1. The molecular formula is C10H10ClFN2O4. The molecule has 6 nitrogen and oxygen atoms in total. The standard InChI is InChI=1S/C10H10ClFN2O4/c11-6-3-5(12)1-2-7(6)14-10(18)13-4-8(15)9(16)17/h1-3,8,15H,4H2,(H,16,17)(H2,13,14,18). The van der Waals surface area contributed by atoms with Crippen LogP contribution in [-0.4, -0.2) is 34.9 Å². The van der Waals surface area contributed by atoms with Gasteiger partial charge in [0.1, 0.15) is 5.82 Å². The highest BCUT2D eigenvalue weighted by atomic mass is 35.5. The average molecular weight is 277 g/mol. The normalized spacial score (nSPS) is 11.7. The van der Waals surface area contributed by atoms with E-state index in [4.69, 9.17) is 21.8 Å². The maximum atomic E-state index is 12.7. The largest absolute Gasteiger partial charge is 0.479 e. The quantitative estimate of drug-likeness (QED) is 0.660. The SMILES string of the molecule is O=C(NCC(O)C(=O)O)Nc1ccc(F)cc1Cl. The third kappa shape index (κ3) is 4.19. The number of aliphatic carboxylic acids is 1. The summed E-state index contributed by atoms with van der Waals surface area (Å²) in [5, 5.41) is 21.7. The van der Waals surface area contributed by atoms with Gasteiger partial charge in [-0.3, -0.25) is 0 Å². The van der Waals surface area contributed by atoms with Crippen LogP contribution in [-0.2, 0) is 4.79 Å². The van der Waals surface area contributed by atoms with E-state index in [-0.39, 0.29) is 10.7 Å². The first kappa shape index (κ1) is 14.2. The zero-order chi connectivity index (χ0) is 13.7. The Bertz CT molecular complexity index is 469. The summed E-state index contributed by atoms with van der Waals surface area (Å²) in [5.74, 6) is -2.00. The smallest absolute Gasteiger partial charge is 0.334 e. The number of rotatable bonds is 4. The van der Waals surface area contributed by atoms with Gasteiger partial charge in [0.25, 0.3) is 0 Å². The van der Waals surface area contributed by atoms with Crippen LogP contribution in [0.3, 0.4) is 0 Å². The van der Waals surface area contributed by atoms with Crippen LogP contribution in [0.15, 0.2) is 18.2 Å². The van der Waals surface area contributed by atoms with Gasteiger partial charge in [0.2, 0.25) is 0 Å². The predicted octanol–water partition coefficient (Wildman–Crippen LogP) is 1.05. The van der Waals surface area contributed by atoms with Crippen molar-refractivity contribution in [1.29, 1.82) is 0 Å². The molecule has 0 fully saturated rings. The number of urea groups is 1. The molecule has 4 N–H and O–H groups in total. The lowest BCUT2D eigenvalue weighted by atomic mass is 10.3. The molecule has 18 heavy (non-hydrogen) atoms. The van der Waals surface area contributed by atoms with Crippen molar-refractivity contribution in [3.05, 3.63) is 29.0 Å². The zero-order valence-electron chi connectivity index (χ0n) is 8.98. The summed E-state index contributed by atoms with van der Waals surface area (Å²) in [6.07, 6.45) is -1.69. The monoisotopic (exact) mass is 276 g/mol. The molecule has 2 amide bonds. The molecule has 1 atom stereocenters. The number of anilines is 1. The van der Waals surface area contributed by atoms with Gasteiger partial charge in [-0.2, -0.15) is 0 Å². The first-order valence-corrected chi connectivity index (χ1v) is 5.18. The van der Waals surface area contributed by atoms with E-state index in [1.54, 1.807) is 0 Å². The maximum Gasteiger partial charge on any atom is 0.334 e. The van der Waals surface area contributed by atoms with E-state index < -0.39 is 30.5 Å². The predicted molar refractivity (Wildman–Crippen MR) is 62.1 cm³/mol. The molecule has 0 aliphatic heterocycles. The number of aliphatic hydroxyl groups excluding tert-OH is 1. The third-order valence-corrected chi connectivity index (χ3v) is 2.23. The number of halogens is 2. The first-order valence-electron chi connectivity index (χ1n) is 4.81. The molecule has 0 aromatic heterocycles. The summed E-state index contributed by atoms with van der Waals surface area (Å²) in [7, 11) is 0. The Balaban J connectivity index is 2.52. The second kappa shape index (κ2) is 6.18. The lowest BCUT2D eigenvalue weighted by Crippen LogP contribution is -2.38. The Morgan fingerprint density at radius 2 is 2.11 bits per heavy atom. The van der Waals surface area contributed by atoms with E-state index in [0.29, 0.717) is 0 Å². The van der Waals surface area contributed by atoms with Gasteiger partial charge < -0.3 is 20.8 Å². The Labute approximate surface area is 106 Å². The van der Waals surface area contributed by atoms with E-state index in [1.807, 2.05) is 0 Å². The topological polar surface area (TPSA) is 98.7 Å². The lowest BCUT2D eigenvalue weighted by Gasteiger charge is -2.10. The number of hydrogen-bond acceptors (Lipinski definition) is 3. The number of amides is 2. The molecule has 98 valence electrons. The second-order valence-electron chi connectivity index (χ2n) is 3.31. The first-order chi connectivity index (χ1) is 8.40. The van der Waals surface area contributed by atoms with Gasteiger partial charge in [0, 0.05) is 0 Å². The maximum absolute atomic E-state index is 12.7. The van der Waals surface area contributed by atoms with Gasteiger partial charge in [-0.05, 0) is 18.2 Å². The highest BCUT2D eigenvalue weighted by Gasteiger charge is 2.14. The Kier molecular flexibility index (Phi) is 4.87. The fourth-order valence-corrected chi connectivity index (χ4v) is 1.25. The van der Waals surface area contributed by atoms with Crippen molar-refractivity contribution < 1.29 is 24.2 Å². The van der Waals surface area contributed by atoms with E-state index in [1.165, 1.54) is 6.07 Å². The molecule has 1 aromatic carbocycles. The van der Waals surface area contributed by atoms with Gasteiger partial charge in [-0.25, -0.2) is 14.0 Å². The molecule has 0 saturated heterocycles. The van der Waals surface area contributed by atoms with Gasteiger partial charge in [0.15, 0.2) is 6.10 Å². The number of carboxylic acid groups (broad SMARTS) is 1. The molecule has 0 spiro atoms. The van der Waals surface area contributed by atoms with Crippen LogP contribution in [0.25, 0.3) is 0 Å². The average Bonchev–Trinajstić information content (AvgIpc) is 2.29. The minimum Gasteiger partial charge on any atom is -0.479 e. The summed E-state index contributed by atoms with van der Waals surface area (Å²) in [5.41, 5.74) is 0.167. The number of benzene rings is 1. The van der Waals surface area contributed by atoms with Crippen LogP contribution >= 0.6 is 11.6 Å². The molecule has 0 heterocycles.